The lowest BCUT2D eigenvalue weighted by Crippen LogP contribution is -1.92. The Balaban J connectivity index is 2.23. The average Bonchev–Trinajstić information content (AvgIpc) is 2.32. The standard InChI is InChI=1S/C13H13O3P/c14-17(15)16-13-9-5-4-8-12(13)10-11-6-2-1-3-7-11/h1-9,17H,10H2,(H,14,15). The van der Waals surface area contributed by atoms with Gasteiger partial charge in [-0.15, -0.1) is 0 Å². The Kier molecular flexibility index (Phi) is 3.97. The second-order valence-corrected chi connectivity index (χ2v) is 4.37. The Morgan fingerprint density at radius 1 is 1.00 bits per heavy atom. The molecule has 0 spiro atoms. The van der Waals surface area contributed by atoms with Gasteiger partial charge in [-0.2, -0.15) is 0 Å². The molecule has 0 bridgehead atoms. The minimum absolute atomic E-state index is 0.475. The van der Waals surface area contributed by atoms with Crippen LogP contribution in [0, 0.1) is 0 Å². The maximum absolute atomic E-state index is 10.7. The van der Waals surface area contributed by atoms with Gasteiger partial charge in [0.1, 0.15) is 5.75 Å². The van der Waals surface area contributed by atoms with Crippen LogP contribution in [0.1, 0.15) is 11.1 Å². The van der Waals surface area contributed by atoms with Gasteiger partial charge in [0.25, 0.3) is 0 Å². The number of benzene rings is 2. The summed E-state index contributed by atoms with van der Waals surface area (Å²) in [5.41, 5.74) is 2.05. The summed E-state index contributed by atoms with van der Waals surface area (Å²) in [6.07, 6.45) is 0.687. The van der Waals surface area contributed by atoms with Gasteiger partial charge in [0.2, 0.25) is 0 Å². The first kappa shape index (κ1) is 11.9. The second kappa shape index (κ2) is 5.67. The number of para-hydroxylation sites is 1. The molecule has 0 amide bonds. The van der Waals surface area contributed by atoms with Crippen molar-refractivity contribution in [1.29, 1.82) is 0 Å². The maximum Gasteiger partial charge on any atom is 0.365 e. The molecule has 88 valence electrons. The van der Waals surface area contributed by atoms with E-state index >= 15 is 0 Å². The van der Waals surface area contributed by atoms with E-state index in [0.717, 1.165) is 11.1 Å². The Hall–Kier alpha value is -1.57. The SMILES string of the molecule is O=[PH](O)Oc1ccccc1Cc1ccccc1. The van der Waals surface area contributed by atoms with Crippen molar-refractivity contribution in [3.63, 3.8) is 0 Å². The summed E-state index contributed by atoms with van der Waals surface area (Å²) in [6, 6.07) is 17.2. The Bertz CT molecular complexity index is 511. The topological polar surface area (TPSA) is 46.5 Å². The smallest absolute Gasteiger partial charge is 0.365 e. The summed E-state index contributed by atoms with van der Waals surface area (Å²) in [5.74, 6) is 0.475. The lowest BCUT2D eigenvalue weighted by atomic mass is 10.0. The minimum Gasteiger partial charge on any atom is -0.426 e. The van der Waals surface area contributed by atoms with E-state index in [-0.39, 0.29) is 0 Å². The summed E-state index contributed by atoms with van der Waals surface area (Å²) in [7, 11) is -2.95. The first-order chi connectivity index (χ1) is 8.25. The maximum atomic E-state index is 10.7. The fraction of sp³-hybridized carbons (Fsp3) is 0.0769. The van der Waals surface area contributed by atoms with E-state index in [4.69, 9.17) is 9.42 Å². The minimum atomic E-state index is -2.95. The van der Waals surface area contributed by atoms with Crippen LogP contribution in [0.5, 0.6) is 5.75 Å². The number of hydrogen-bond acceptors (Lipinski definition) is 2. The Morgan fingerprint density at radius 3 is 2.35 bits per heavy atom. The molecule has 0 aliphatic carbocycles. The highest BCUT2D eigenvalue weighted by Gasteiger charge is 2.05. The molecule has 0 aliphatic rings. The molecule has 0 aliphatic heterocycles. The van der Waals surface area contributed by atoms with E-state index in [9.17, 15) is 4.57 Å². The first-order valence-corrected chi connectivity index (χ1v) is 6.54. The highest BCUT2D eigenvalue weighted by Crippen LogP contribution is 2.28. The van der Waals surface area contributed by atoms with Crippen molar-refractivity contribution in [3.05, 3.63) is 65.7 Å². The van der Waals surface area contributed by atoms with Gasteiger partial charge < -0.3 is 9.42 Å². The highest BCUT2D eigenvalue weighted by atomic mass is 31.1. The predicted molar refractivity (Wildman–Crippen MR) is 67.5 cm³/mol. The molecule has 0 saturated carbocycles. The molecule has 0 saturated heterocycles. The molecule has 0 heterocycles. The molecule has 2 aromatic rings. The van der Waals surface area contributed by atoms with Crippen LogP contribution >= 0.6 is 8.25 Å². The van der Waals surface area contributed by atoms with Crippen LogP contribution in [0.3, 0.4) is 0 Å². The summed E-state index contributed by atoms with van der Waals surface area (Å²) in [6.45, 7) is 0. The predicted octanol–water partition coefficient (Wildman–Crippen LogP) is 3.04. The van der Waals surface area contributed by atoms with Crippen LogP contribution in [0.25, 0.3) is 0 Å². The molecule has 1 N–H and O–H groups in total. The number of hydrogen-bond donors (Lipinski definition) is 1. The van der Waals surface area contributed by atoms with Gasteiger partial charge in [-0.1, -0.05) is 48.5 Å². The molecule has 0 radical (unpaired) electrons. The molecule has 0 aromatic heterocycles. The third-order valence-electron chi connectivity index (χ3n) is 2.41. The molecule has 17 heavy (non-hydrogen) atoms. The summed E-state index contributed by atoms with van der Waals surface area (Å²) >= 11 is 0. The third-order valence-corrected chi connectivity index (χ3v) is 2.80. The van der Waals surface area contributed by atoms with Crippen LogP contribution in [0.4, 0.5) is 0 Å². The second-order valence-electron chi connectivity index (χ2n) is 3.64. The van der Waals surface area contributed by atoms with E-state index in [1.165, 1.54) is 0 Å². The van der Waals surface area contributed by atoms with Crippen molar-refractivity contribution in [3.8, 4) is 5.75 Å². The van der Waals surface area contributed by atoms with Gasteiger partial charge in [0.05, 0.1) is 0 Å². The van der Waals surface area contributed by atoms with Crippen molar-refractivity contribution in [2.24, 2.45) is 0 Å². The molecule has 1 atom stereocenters. The fourth-order valence-electron chi connectivity index (χ4n) is 1.66. The van der Waals surface area contributed by atoms with Crippen LogP contribution < -0.4 is 4.52 Å². The largest absolute Gasteiger partial charge is 0.426 e. The van der Waals surface area contributed by atoms with Gasteiger partial charge >= 0.3 is 8.25 Å². The fourth-order valence-corrected chi connectivity index (χ4v) is 2.05. The van der Waals surface area contributed by atoms with Crippen LogP contribution in [-0.2, 0) is 11.0 Å². The molecule has 0 fully saturated rings. The van der Waals surface area contributed by atoms with Gasteiger partial charge in [0, 0.05) is 6.42 Å². The molecule has 4 heteroatoms. The zero-order valence-electron chi connectivity index (χ0n) is 9.17. The van der Waals surface area contributed by atoms with Gasteiger partial charge in [-0.05, 0) is 17.2 Å². The third kappa shape index (κ3) is 3.45. The van der Waals surface area contributed by atoms with Gasteiger partial charge in [-0.3, -0.25) is 0 Å². The first-order valence-electron chi connectivity index (χ1n) is 5.28. The molecule has 3 nitrogen and oxygen atoms in total. The van der Waals surface area contributed by atoms with E-state index < -0.39 is 8.25 Å². The summed E-state index contributed by atoms with van der Waals surface area (Å²) in [4.78, 5) is 8.82. The highest BCUT2D eigenvalue weighted by molar-refractivity contribution is 7.32. The molecule has 2 rings (SSSR count). The molecular formula is C13H13O3P. The Morgan fingerprint density at radius 2 is 1.65 bits per heavy atom. The monoisotopic (exact) mass is 248 g/mol. The quantitative estimate of drug-likeness (QED) is 0.846. The van der Waals surface area contributed by atoms with Crippen molar-refractivity contribution in [2.45, 2.75) is 6.42 Å². The van der Waals surface area contributed by atoms with E-state index in [2.05, 4.69) is 0 Å². The van der Waals surface area contributed by atoms with Crippen molar-refractivity contribution in [2.75, 3.05) is 0 Å². The zero-order chi connectivity index (χ0) is 12.1. The van der Waals surface area contributed by atoms with Gasteiger partial charge in [-0.25, -0.2) is 4.57 Å². The average molecular weight is 248 g/mol. The van der Waals surface area contributed by atoms with Crippen molar-refractivity contribution < 1.29 is 14.0 Å². The normalized spacial score (nSPS) is 12.1. The van der Waals surface area contributed by atoms with Crippen molar-refractivity contribution in [1.82, 2.24) is 0 Å². The van der Waals surface area contributed by atoms with E-state index in [0.29, 0.717) is 12.2 Å². The molecule has 2 aromatic carbocycles. The van der Waals surface area contributed by atoms with Gasteiger partial charge in [0.15, 0.2) is 0 Å². The van der Waals surface area contributed by atoms with E-state index in [1.54, 1.807) is 12.1 Å². The van der Waals surface area contributed by atoms with Crippen LogP contribution in [-0.4, -0.2) is 4.89 Å². The van der Waals surface area contributed by atoms with Crippen LogP contribution in [0.2, 0.25) is 0 Å². The zero-order valence-corrected chi connectivity index (χ0v) is 10.2. The van der Waals surface area contributed by atoms with E-state index in [1.807, 2.05) is 42.5 Å². The number of rotatable bonds is 4. The lowest BCUT2D eigenvalue weighted by Gasteiger charge is -2.08. The lowest BCUT2D eigenvalue weighted by molar-refractivity contribution is 0.409. The molecule has 1 unspecified atom stereocenters. The Labute approximate surface area is 101 Å². The van der Waals surface area contributed by atoms with Crippen LogP contribution in [0.15, 0.2) is 54.6 Å². The summed E-state index contributed by atoms with van der Waals surface area (Å²) < 4.78 is 15.7. The summed E-state index contributed by atoms with van der Waals surface area (Å²) in [5, 5.41) is 0. The van der Waals surface area contributed by atoms with Crippen molar-refractivity contribution >= 4 is 8.25 Å². The molecular weight excluding hydrogens is 235 g/mol.